The van der Waals surface area contributed by atoms with Crippen LogP contribution in [0.5, 0.6) is 40.2 Å². The number of esters is 3. The molecule has 15 nitrogen and oxygen atoms in total. The summed E-state index contributed by atoms with van der Waals surface area (Å²) < 4.78 is 43.0. The van der Waals surface area contributed by atoms with Gasteiger partial charge in [0.1, 0.15) is 18.4 Å². The van der Waals surface area contributed by atoms with E-state index in [-0.39, 0.29) is 36.9 Å². The highest BCUT2D eigenvalue weighted by molar-refractivity contribution is 7.99. The molecule has 2 fully saturated rings. The van der Waals surface area contributed by atoms with Crippen LogP contribution in [-0.2, 0) is 37.5 Å². The predicted molar refractivity (Wildman–Crippen MR) is 272 cm³/mol. The summed E-state index contributed by atoms with van der Waals surface area (Å²) in [5, 5.41) is 26.5. The van der Waals surface area contributed by atoms with E-state index in [9.17, 15) is 20.0 Å². The normalized spacial score (nSPS) is 24.8. The van der Waals surface area contributed by atoms with E-state index >= 15 is 4.79 Å². The van der Waals surface area contributed by atoms with Crippen LogP contribution in [0.2, 0.25) is 0 Å². The maximum atomic E-state index is 15.2. The van der Waals surface area contributed by atoms with Crippen LogP contribution in [-0.4, -0.2) is 97.9 Å². The highest BCUT2D eigenvalue weighted by atomic mass is 32.2. The Hall–Kier alpha value is -5.21. The molecule has 3 aromatic rings. The first-order valence-electron chi connectivity index (χ1n) is 26.3. The molecule has 2 N–H and O–H groups in total. The molecule has 7 heterocycles. The second kappa shape index (κ2) is 22.1. The number of nitriles is 1. The van der Waals surface area contributed by atoms with Crippen molar-refractivity contribution in [3.05, 3.63) is 62.7 Å². The molecule has 10 rings (SSSR count). The third-order valence-electron chi connectivity index (χ3n) is 16.1. The third-order valence-corrected chi connectivity index (χ3v) is 17.6. The second-order valence-corrected chi connectivity index (χ2v) is 21.7. The number of nitrogens with one attached hydrogen (secondary N) is 1. The molecule has 3 aromatic carbocycles. The molecule has 72 heavy (non-hydrogen) atoms. The predicted octanol–water partition coefficient (Wildman–Crippen LogP) is 9.67. The number of phenols is 1. The van der Waals surface area contributed by atoms with E-state index in [4.69, 9.17) is 33.2 Å². The maximum absolute atomic E-state index is 15.2. The number of rotatable bonds is 18. The second-order valence-electron chi connectivity index (χ2n) is 20.5. The van der Waals surface area contributed by atoms with Gasteiger partial charge in [-0.15, -0.1) is 11.8 Å². The van der Waals surface area contributed by atoms with Crippen LogP contribution in [0.1, 0.15) is 166 Å². The number of hydrogen-bond acceptors (Lipinski definition) is 16. The Morgan fingerprint density at radius 2 is 1.57 bits per heavy atom. The number of benzene rings is 3. The molecule has 388 valence electrons. The number of hydrogen-bond donors (Lipinski definition) is 2. The van der Waals surface area contributed by atoms with Crippen molar-refractivity contribution in [2.75, 3.05) is 47.0 Å². The number of ether oxygens (including phenoxy) is 7. The zero-order valence-corrected chi connectivity index (χ0v) is 43.9. The van der Waals surface area contributed by atoms with E-state index in [1.807, 2.05) is 27.0 Å². The average molecular weight is 1010 g/mol. The summed E-state index contributed by atoms with van der Waals surface area (Å²) in [6, 6.07) is 5.48. The number of thioether (sulfide) groups is 1. The lowest BCUT2D eigenvalue weighted by atomic mass is 9.71. The van der Waals surface area contributed by atoms with Crippen molar-refractivity contribution in [2.24, 2.45) is 0 Å². The molecule has 0 aromatic heterocycles. The van der Waals surface area contributed by atoms with Crippen molar-refractivity contribution < 1.29 is 52.6 Å². The molecule has 0 amide bonds. The number of carbonyl (C=O) groups is 3. The summed E-state index contributed by atoms with van der Waals surface area (Å²) in [6.45, 7) is 7.51. The molecule has 7 aliphatic rings. The fraction of sp³-hybridized carbons (Fsp3) is 0.607. The zero-order chi connectivity index (χ0) is 50.8. The molecule has 0 radical (unpaired) electrons. The maximum Gasteiger partial charge on any atom is 0.331 e. The molecule has 2 saturated heterocycles. The molecule has 1 unspecified atom stereocenters. The SMILES string of the molecule is CCCCCCCCCCCCCCCC(=O)Oc1cc2c(cc1OC)[C@@]1(CS[C@@H]3c4c(OC(C)=O)c(C)c5c(c4[C@H](COC1=O)N1C3[C@@H]3c4c(cc(C)c(OC)c4O)C[C@@H]([C@@H]1C#N)N3C)OCO5)NCC2. The Morgan fingerprint density at radius 1 is 0.875 bits per heavy atom. The summed E-state index contributed by atoms with van der Waals surface area (Å²) in [4.78, 5) is 46.1. The van der Waals surface area contributed by atoms with Gasteiger partial charge < -0.3 is 38.3 Å². The van der Waals surface area contributed by atoms with Crippen molar-refractivity contribution in [1.82, 2.24) is 15.1 Å². The number of carbonyl (C=O) groups excluding carboxylic acids is 3. The van der Waals surface area contributed by atoms with Crippen molar-refractivity contribution in [1.29, 1.82) is 5.26 Å². The van der Waals surface area contributed by atoms with Gasteiger partial charge in [-0.1, -0.05) is 90.0 Å². The molecule has 1 spiro atoms. The van der Waals surface area contributed by atoms with Gasteiger partial charge in [0.15, 0.2) is 40.0 Å². The standard InChI is InChI=1S/C56H72N4O11S/c1-8-9-10-11-12-13-14-15-16-17-18-19-20-21-43(62)71-42-26-35-22-23-58-56(37(35)27-41(42)65-6)30-72-54-46-45(53-52(68-31-69-53)33(3)51(46)70-34(4)61)40(29-67-55(56)64)60-39(28-57)38-25-36-24-32(2)50(66-7)49(63)44(36)47(48(54)60)59(38)5/h24,26-27,38-40,47-48,54,58,63H,8-23,25,29-31H2,1-7H3/t38-,39-,40-,47-,48?,54+,56+/m0/s1. The summed E-state index contributed by atoms with van der Waals surface area (Å²) in [5.74, 6) is 1.02. The molecular weight excluding hydrogens is 937 g/mol. The van der Waals surface area contributed by atoms with E-state index in [0.29, 0.717) is 88.1 Å². The lowest BCUT2D eigenvalue weighted by molar-refractivity contribution is -0.157. The van der Waals surface area contributed by atoms with Crippen molar-refractivity contribution >= 4 is 29.7 Å². The van der Waals surface area contributed by atoms with E-state index in [2.05, 4.69) is 34.2 Å². The Bertz CT molecular complexity index is 2600. The van der Waals surface area contributed by atoms with Crippen LogP contribution in [0.25, 0.3) is 0 Å². The molecule has 7 aliphatic heterocycles. The first-order valence-corrected chi connectivity index (χ1v) is 27.3. The number of aryl methyl sites for hydroxylation is 1. The van der Waals surface area contributed by atoms with Gasteiger partial charge in [-0.25, -0.2) is 4.79 Å². The minimum Gasteiger partial charge on any atom is -0.504 e. The van der Waals surface area contributed by atoms with E-state index in [0.717, 1.165) is 36.0 Å². The highest BCUT2D eigenvalue weighted by Crippen LogP contribution is 2.64. The molecule has 4 bridgehead atoms. The monoisotopic (exact) mass is 1010 g/mol. The van der Waals surface area contributed by atoms with Gasteiger partial charge in [-0.2, -0.15) is 5.26 Å². The summed E-state index contributed by atoms with van der Waals surface area (Å²) in [5.41, 5.74) is 4.37. The van der Waals surface area contributed by atoms with Crippen LogP contribution in [0.4, 0.5) is 0 Å². The quantitative estimate of drug-likeness (QED) is 0.0698. The Balaban J connectivity index is 1.04. The van der Waals surface area contributed by atoms with E-state index in [1.165, 1.54) is 90.0 Å². The van der Waals surface area contributed by atoms with Crippen LogP contribution in [0.3, 0.4) is 0 Å². The highest BCUT2D eigenvalue weighted by Gasteiger charge is 2.62. The minimum atomic E-state index is -1.41. The minimum absolute atomic E-state index is 0.0390. The van der Waals surface area contributed by atoms with Gasteiger partial charge in [0.05, 0.1) is 37.6 Å². The van der Waals surface area contributed by atoms with Gasteiger partial charge in [-0.05, 0) is 74.5 Å². The van der Waals surface area contributed by atoms with Gasteiger partial charge in [0.25, 0.3) is 0 Å². The van der Waals surface area contributed by atoms with Gasteiger partial charge >= 0.3 is 17.9 Å². The van der Waals surface area contributed by atoms with Gasteiger partial charge in [0.2, 0.25) is 6.79 Å². The van der Waals surface area contributed by atoms with Gasteiger partial charge in [0, 0.05) is 60.0 Å². The van der Waals surface area contributed by atoms with Crippen molar-refractivity contribution in [2.45, 2.75) is 171 Å². The number of likely N-dealkylation sites (N-methyl/N-ethyl adjacent to an activating group) is 1. The number of aromatic hydroxyl groups is 1. The summed E-state index contributed by atoms with van der Waals surface area (Å²) >= 11 is 1.49. The van der Waals surface area contributed by atoms with Crippen LogP contribution in [0, 0.1) is 25.2 Å². The number of methoxy groups -OCH3 is 2. The smallest absolute Gasteiger partial charge is 0.331 e. The average Bonchev–Trinajstić information content (AvgIpc) is 3.86. The number of fused-ring (bicyclic) bond motifs is 9. The van der Waals surface area contributed by atoms with E-state index < -0.39 is 46.9 Å². The van der Waals surface area contributed by atoms with Crippen LogP contribution in [0.15, 0.2) is 18.2 Å². The Labute approximate surface area is 428 Å². The Morgan fingerprint density at radius 3 is 2.24 bits per heavy atom. The molecule has 0 aliphatic carbocycles. The van der Waals surface area contributed by atoms with Crippen LogP contribution >= 0.6 is 11.8 Å². The largest absolute Gasteiger partial charge is 0.504 e. The van der Waals surface area contributed by atoms with Gasteiger partial charge in [-0.3, -0.25) is 24.7 Å². The Kier molecular flexibility index (Phi) is 15.9. The molecule has 16 heteroatoms. The van der Waals surface area contributed by atoms with E-state index in [1.54, 1.807) is 13.2 Å². The fourth-order valence-electron chi connectivity index (χ4n) is 12.7. The number of nitrogens with zero attached hydrogens (tertiary/aromatic N) is 3. The fourth-order valence-corrected chi connectivity index (χ4v) is 14.4. The molecule has 7 atom stereocenters. The van der Waals surface area contributed by atoms with Crippen molar-refractivity contribution in [3.63, 3.8) is 0 Å². The first kappa shape index (κ1) is 51.7. The summed E-state index contributed by atoms with van der Waals surface area (Å²) in [7, 11) is 5.07. The topological polar surface area (TPSA) is 178 Å². The number of unbranched alkanes of at least 4 members (excludes halogenated alkanes) is 12. The summed E-state index contributed by atoms with van der Waals surface area (Å²) in [6.07, 6.45) is 17.1. The number of piperazine rings is 1. The van der Waals surface area contributed by atoms with Crippen molar-refractivity contribution in [3.8, 4) is 46.3 Å². The lowest BCUT2D eigenvalue weighted by Crippen LogP contribution is -2.69. The lowest BCUT2D eigenvalue weighted by Gasteiger charge is -2.62. The molecular formula is C56H72N4O11S. The van der Waals surface area contributed by atoms with Crippen LogP contribution < -0.4 is 33.7 Å². The third kappa shape index (κ3) is 9.36. The number of phenolic OH excluding ortho intramolecular Hbond substituents is 1. The zero-order valence-electron chi connectivity index (χ0n) is 43.1. The first-order chi connectivity index (χ1) is 34.9. The molecule has 0 saturated carbocycles.